The zero-order valence-corrected chi connectivity index (χ0v) is 13.6. The molecule has 2 aromatic rings. The van der Waals surface area contributed by atoms with E-state index in [-0.39, 0.29) is 11.5 Å². The Morgan fingerprint density at radius 1 is 1.25 bits per heavy atom. The van der Waals surface area contributed by atoms with E-state index in [1.807, 2.05) is 12.1 Å². The van der Waals surface area contributed by atoms with Crippen LogP contribution in [0.5, 0.6) is 0 Å². The van der Waals surface area contributed by atoms with Crippen LogP contribution in [0.4, 0.5) is 0 Å². The van der Waals surface area contributed by atoms with Crippen LogP contribution in [0.1, 0.15) is 29.2 Å². The summed E-state index contributed by atoms with van der Waals surface area (Å²) in [5, 5.41) is 2.93. The molecule has 6 heteroatoms. The number of furan rings is 2. The van der Waals surface area contributed by atoms with Crippen LogP contribution in [0.25, 0.3) is 0 Å². The minimum absolute atomic E-state index is 0.0397. The lowest BCUT2D eigenvalue weighted by molar-refractivity contribution is -0.138. The first-order chi connectivity index (χ1) is 11.8. The Hall–Kier alpha value is -2.05. The number of amides is 1. The maximum absolute atomic E-state index is 11.9. The van der Waals surface area contributed by atoms with Gasteiger partial charge in [0.15, 0.2) is 5.76 Å². The maximum atomic E-state index is 11.9. The quantitative estimate of drug-likeness (QED) is 0.880. The van der Waals surface area contributed by atoms with Gasteiger partial charge in [-0.3, -0.25) is 9.69 Å². The van der Waals surface area contributed by atoms with Crippen LogP contribution >= 0.6 is 0 Å². The first-order valence-electron chi connectivity index (χ1n) is 8.46. The highest BCUT2D eigenvalue weighted by Gasteiger charge is 2.52. The fraction of sp³-hybridized carbons (Fsp3) is 0.500. The number of carbonyl (C=O) groups is 1. The highest BCUT2D eigenvalue weighted by molar-refractivity contribution is 5.91. The third-order valence-corrected chi connectivity index (χ3v) is 5.07. The summed E-state index contributed by atoms with van der Waals surface area (Å²) in [7, 11) is 0. The Bertz CT molecular complexity index is 659. The Morgan fingerprint density at radius 3 is 2.83 bits per heavy atom. The van der Waals surface area contributed by atoms with Crippen LogP contribution in [0.3, 0.4) is 0 Å². The van der Waals surface area contributed by atoms with E-state index in [4.69, 9.17) is 13.6 Å². The van der Waals surface area contributed by atoms with Gasteiger partial charge >= 0.3 is 0 Å². The number of nitrogens with zero attached hydrogens (tertiary/aromatic N) is 1. The summed E-state index contributed by atoms with van der Waals surface area (Å²) in [5.74, 6) is 1.69. The van der Waals surface area contributed by atoms with E-state index in [1.54, 1.807) is 18.4 Å². The molecule has 128 valence electrons. The SMILES string of the molecule is O=C(NCCC1CCOC12CN(Cc1ccco1)C2)c1ccco1. The van der Waals surface area contributed by atoms with Crippen molar-refractivity contribution in [3.05, 3.63) is 48.3 Å². The van der Waals surface area contributed by atoms with Crippen molar-refractivity contribution in [2.75, 3.05) is 26.2 Å². The molecule has 2 saturated heterocycles. The highest BCUT2D eigenvalue weighted by Crippen LogP contribution is 2.42. The van der Waals surface area contributed by atoms with E-state index in [9.17, 15) is 4.79 Å². The van der Waals surface area contributed by atoms with Gasteiger partial charge in [0.05, 0.1) is 24.7 Å². The molecule has 1 unspecified atom stereocenters. The predicted molar refractivity (Wildman–Crippen MR) is 86.4 cm³/mol. The van der Waals surface area contributed by atoms with Crippen LogP contribution < -0.4 is 5.32 Å². The van der Waals surface area contributed by atoms with Gasteiger partial charge in [0.2, 0.25) is 0 Å². The third-order valence-electron chi connectivity index (χ3n) is 5.07. The van der Waals surface area contributed by atoms with E-state index < -0.39 is 0 Å². The zero-order chi connectivity index (χ0) is 16.4. The number of hydrogen-bond donors (Lipinski definition) is 1. The van der Waals surface area contributed by atoms with Crippen LogP contribution in [0.15, 0.2) is 45.6 Å². The molecule has 6 nitrogen and oxygen atoms in total. The summed E-state index contributed by atoms with van der Waals surface area (Å²) < 4.78 is 16.6. The molecule has 24 heavy (non-hydrogen) atoms. The van der Waals surface area contributed by atoms with E-state index >= 15 is 0 Å². The second kappa shape index (κ2) is 6.45. The highest BCUT2D eigenvalue weighted by atomic mass is 16.5. The predicted octanol–water partition coefficient (Wildman–Crippen LogP) is 2.28. The fourth-order valence-electron chi connectivity index (χ4n) is 3.84. The molecular weight excluding hydrogens is 308 g/mol. The van der Waals surface area contributed by atoms with Gasteiger partial charge in [-0.25, -0.2) is 0 Å². The molecule has 0 radical (unpaired) electrons. The van der Waals surface area contributed by atoms with E-state index in [1.165, 1.54) is 6.26 Å². The minimum Gasteiger partial charge on any atom is -0.468 e. The van der Waals surface area contributed by atoms with Crippen molar-refractivity contribution in [3.63, 3.8) is 0 Å². The van der Waals surface area contributed by atoms with Crippen molar-refractivity contribution in [1.29, 1.82) is 0 Å². The summed E-state index contributed by atoms with van der Waals surface area (Å²) >= 11 is 0. The average Bonchev–Trinajstić information content (AvgIpc) is 3.28. The largest absolute Gasteiger partial charge is 0.468 e. The molecule has 0 saturated carbocycles. The van der Waals surface area contributed by atoms with Gasteiger partial charge in [-0.05, 0) is 43.0 Å². The van der Waals surface area contributed by atoms with Crippen LogP contribution in [0.2, 0.25) is 0 Å². The normalized spacial score (nSPS) is 22.6. The molecule has 2 fully saturated rings. The van der Waals surface area contributed by atoms with Crippen LogP contribution in [-0.2, 0) is 11.3 Å². The first-order valence-corrected chi connectivity index (χ1v) is 8.46. The van der Waals surface area contributed by atoms with Gasteiger partial charge in [-0.1, -0.05) is 0 Å². The lowest BCUT2D eigenvalue weighted by Gasteiger charge is -2.50. The van der Waals surface area contributed by atoms with Gasteiger partial charge in [0.25, 0.3) is 5.91 Å². The molecule has 1 spiro atoms. The zero-order valence-electron chi connectivity index (χ0n) is 13.6. The van der Waals surface area contributed by atoms with Gasteiger partial charge in [0, 0.05) is 26.2 Å². The number of hydrogen-bond acceptors (Lipinski definition) is 5. The second-order valence-corrected chi connectivity index (χ2v) is 6.65. The molecule has 0 aliphatic carbocycles. The standard InChI is InChI=1S/C18H22N2O4/c21-17(16-4-2-9-23-16)19-7-5-14-6-10-24-18(14)12-20(13-18)11-15-3-1-8-22-15/h1-4,8-9,14H,5-7,10-13H2,(H,19,21). The van der Waals surface area contributed by atoms with Crippen molar-refractivity contribution in [1.82, 2.24) is 10.2 Å². The van der Waals surface area contributed by atoms with Crippen molar-refractivity contribution >= 4 is 5.91 Å². The lowest BCUT2D eigenvalue weighted by atomic mass is 9.79. The molecule has 2 aliphatic rings. The number of nitrogens with one attached hydrogen (secondary N) is 1. The Balaban J connectivity index is 1.25. The molecular formula is C18H22N2O4. The van der Waals surface area contributed by atoms with Gasteiger partial charge < -0.3 is 18.9 Å². The number of rotatable bonds is 6. The topological polar surface area (TPSA) is 67.8 Å². The van der Waals surface area contributed by atoms with Crippen LogP contribution in [0, 0.1) is 5.92 Å². The van der Waals surface area contributed by atoms with Crippen molar-refractivity contribution in [2.24, 2.45) is 5.92 Å². The molecule has 2 aliphatic heterocycles. The second-order valence-electron chi connectivity index (χ2n) is 6.65. The third kappa shape index (κ3) is 2.99. The lowest BCUT2D eigenvalue weighted by Crippen LogP contribution is -2.64. The first kappa shape index (κ1) is 15.5. The molecule has 0 bridgehead atoms. The fourth-order valence-corrected chi connectivity index (χ4v) is 3.84. The molecule has 1 atom stereocenters. The number of likely N-dealkylation sites (tertiary alicyclic amines) is 1. The average molecular weight is 330 g/mol. The molecule has 4 heterocycles. The molecule has 2 aromatic heterocycles. The Labute approximate surface area is 140 Å². The Kier molecular flexibility index (Phi) is 4.16. The molecule has 4 rings (SSSR count). The van der Waals surface area contributed by atoms with Crippen LogP contribution in [-0.4, -0.2) is 42.6 Å². The van der Waals surface area contributed by atoms with Crippen molar-refractivity contribution < 1.29 is 18.4 Å². The van der Waals surface area contributed by atoms with E-state index in [2.05, 4.69) is 10.2 Å². The maximum Gasteiger partial charge on any atom is 0.286 e. The van der Waals surface area contributed by atoms with Crippen molar-refractivity contribution in [3.8, 4) is 0 Å². The summed E-state index contributed by atoms with van der Waals surface area (Å²) in [4.78, 5) is 14.2. The number of ether oxygens (including phenoxy) is 1. The molecule has 1 amide bonds. The Morgan fingerprint density at radius 2 is 2.08 bits per heavy atom. The van der Waals surface area contributed by atoms with Gasteiger partial charge in [-0.2, -0.15) is 0 Å². The summed E-state index contributed by atoms with van der Waals surface area (Å²) in [6.45, 7) is 4.16. The monoisotopic (exact) mass is 330 g/mol. The molecule has 1 N–H and O–H groups in total. The minimum atomic E-state index is -0.152. The summed E-state index contributed by atoms with van der Waals surface area (Å²) in [6, 6.07) is 7.31. The van der Waals surface area contributed by atoms with Gasteiger partial charge in [-0.15, -0.1) is 0 Å². The summed E-state index contributed by atoms with van der Waals surface area (Å²) in [5.41, 5.74) is -0.0397. The molecule has 0 aromatic carbocycles. The smallest absolute Gasteiger partial charge is 0.286 e. The van der Waals surface area contributed by atoms with E-state index in [0.717, 1.165) is 44.8 Å². The number of carbonyl (C=O) groups excluding carboxylic acids is 1. The van der Waals surface area contributed by atoms with Gasteiger partial charge in [0.1, 0.15) is 5.76 Å². The van der Waals surface area contributed by atoms with E-state index in [0.29, 0.717) is 18.2 Å². The van der Waals surface area contributed by atoms with Crippen molar-refractivity contribution in [2.45, 2.75) is 25.0 Å². The summed E-state index contributed by atoms with van der Waals surface area (Å²) in [6.07, 6.45) is 5.21.